The summed E-state index contributed by atoms with van der Waals surface area (Å²) in [7, 11) is 0. The zero-order valence-electron chi connectivity index (χ0n) is 6.52. The maximum atomic E-state index is 12.7. The van der Waals surface area contributed by atoms with Gasteiger partial charge in [-0.05, 0) is 22.6 Å². The number of rotatable bonds is 0. The fourth-order valence-corrected chi connectivity index (χ4v) is 1.33. The molecule has 0 bridgehead atoms. The summed E-state index contributed by atoms with van der Waals surface area (Å²) in [4.78, 5) is 0. The molecule has 0 N–H and O–H groups in total. The maximum absolute atomic E-state index is 12.7. The van der Waals surface area contributed by atoms with Crippen molar-refractivity contribution in [3.63, 3.8) is 0 Å². The molecule has 0 radical (unpaired) electrons. The van der Waals surface area contributed by atoms with Crippen LogP contribution in [0.2, 0.25) is 0 Å². The van der Waals surface area contributed by atoms with Crippen LogP contribution in [0, 0.1) is 26.8 Å². The average molecular weight is 344 g/mol. The van der Waals surface area contributed by atoms with Crippen molar-refractivity contribution in [1.29, 1.82) is 0 Å². The van der Waals surface area contributed by atoms with Gasteiger partial charge < -0.3 is 0 Å². The normalized spacial score (nSPS) is 12.0. The van der Waals surface area contributed by atoms with Gasteiger partial charge in [-0.2, -0.15) is 13.2 Å². The van der Waals surface area contributed by atoms with Crippen LogP contribution in [0.25, 0.3) is 0 Å². The van der Waals surface area contributed by atoms with Crippen molar-refractivity contribution in [3.05, 3.63) is 32.4 Å². The van der Waals surface area contributed by atoms with Crippen LogP contribution >= 0.6 is 22.6 Å². The number of halogens is 8. The molecule has 8 heteroatoms. The minimum absolute atomic E-state index is 0.868. The Labute approximate surface area is 92.2 Å². The van der Waals surface area contributed by atoms with Gasteiger partial charge in [0.1, 0.15) is 5.56 Å². The van der Waals surface area contributed by atoms with Crippen LogP contribution in [-0.4, -0.2) is 0 Å². The quantitative estimate of drug-likeness (QED) is 0.290. The molecule has 0 spiro atoms. The lowest BCUT2D eigenvalue weighted by Crippen LogP contribution is -2.16. The number of benzene rings is 1. The van der Waals surface area contributed by atoms with Gasteiger partial charge in [0.05, 0.1) is 3.57 Å². The van der Waals surface area contributed by atoms with Gasteiger partial charge in [0.2, 0.25) is 0 Å². The first kappa shape index (κ1) is 12.5. The molecule has 0 aliphatic carbocycles. The van der Waals surface area contributed by atoms with Crippen LogP contribution in [0.3, 0.4) is 0 Å². The van der Waals surface area contributed by atoms with E-state index in [0.29, 0.717) is 0 Å². The SMILES string of the molecule is Fc1c(F)c(C(F)(F)F)c(F)c(F)c1I. The Kier molecular flexibility index (Phi) is 3.17. The van der Waals surface area contributed by atoms with Crippen molar-refractivity contribution in [2.45, 2.75) is 6.18 Å². The lowest BCUT2D eigenvalue weighted by molar-refractivity contribution is -0.143. The van der Waals surface area contributed by atoms with Crippen molar-refractivity contribution in [1.82, 2.24) is 0 Å². The maximum Gasteiger partial charge on any atom is 0.422 e. The van der Waals surface area contributed by atoms with Crippen molar-refractivity contribution in [3.8, 4) is 0 Å². The van der Waals surface area contributed by atoms with E-state index in [1.165, 1.54) is 0 Å². The first-order chi connectivity index (χ1) is 6.68. The summed E-state index contributed by atoms with van der Waals surface area (Å²) in [6.45, 7) is 0. The number of hydrogen-bond acceptors (Lipinski definition) is 0. The molecule has 0 nitrogen and oxygen atoms in total. The molecule has 0 atom stereocenters. The van der Waals surface area contributed by atoms with Gasteiger partial charge in [-0.3, -0.25) is 0 Å². The summed E-state index contributed by atoms with van der Waals surface area (Å²) in [6.07, 6.45) is -5.49. The van der Waals surface area contributed by atoms with Crippen LogP contribution < -0.4 is 0 Å². The van der Waals surface area contributed by atoms with Crippen LogP contribution in [0.1, 0.15) is 5.56 Å². The van der Waals surface area contributed by atoms with E-state index in [0.717, 1.165) is 22.6 Å². The van der Waals surface area contributed by atoms with E-state index in [-0.39, 0.29) is 0 Å². The molecule has 15 heavy (non-hydrogen) atoms. The minimum Gasteiger partial charge on any atom is -0.203 e. The van der Waals surface area contributed by atoms with Crippen molar-refractivity contribution >= 4 is 22.6 Å². The highest BCUT2D eigenvalue weighted by atomic mass is 127. The molecular formula is C7F7I. The van der Waals surface area contributed by atoms with Gasteiger partial charge in [0.15, 0.2) is 23.3 Å². The Morgan fingerprint density at radius 1 is 0.733 bits per heavy atom. The zero-order valence-corrected chi connectivity index (χ0v) is 8.68. The molecule has 0 aliphatic rings. The molecule has 0 heterocycles. The van der Waals surface area contributed by atoms with Gasteiger partial charge in [0.25, 0.3) is 0 Å². The highest BCUT2D eigenvalue weighted by molar-refractivity contribution is 14.1. The third kappa shape index (κ3) is 2.04. The monoisotopic (exact) mass is 344 g/mol. The second kappa shape index (κ2) is 3.80. The van der Waals surface area contributed by atoms with Gasteiger partial charge in [-0.25, -0.2) is 17.6 Å². The van der Waals surface area contributed by atoms with Crippen molar-refractivity contribution in [2.24, 2.45) is 0 Å². The highest BCUT2D eigenvalue weighted by Gasteiger charge is 2.41. The van der Waals surface area contributed by atoms with E-state index < -0.39 is 38.6 Å². The number of alkyl halides is 3. The van der Waals surface area contributed by atoms with E-state index in [4.69, 9.17) is 0 Å². The predicted molar refractivity (Wildman–Crippen MR) is 44.0 cm³/mol. The molecule has 1 aromatic rings. The first-order valence-electron chi connectivity index (χ1n) is 3.26. The summed E-state index contributed by atoms with van der Waals surface area (Å²) >= 11 is 0.868. The molecule has 0 aromatic heterocycles. The molecule has 0 amide bonds. The predicted octanol–water partition coefficient (Wildman–Crippen LogP) is 3.87. The summed E-state index contributed by atoms with van der Waals surface area (Å²) < 4.78 is 85.5. The Balaban J connectivity index is 3.68. The zero-order chi connectivity index (χ0) is 12.0. The Morgan fingerprint density at radius 2 is 1.07 bits per heavy atom. The van der Waals surface area contributed by atoms with Gasteiger partial charge in [0, 0.05) is 0 Å². The second-order valence-corrected chi connectivity index (χ2v) is 3.52. The van der Waals surface area contributed by atoms with Crippen LogP contribution in [0.4, 0.5) is 30.7 Å². The molecule has 1 aromatic carbocycles. The van der Waals surface area contributed by atoms with E-state index in [2.05, 4.69) is 0 Å². The molecule has 0 aliphatic heterocycles. The van der Waals surface area contributed by atoms with E-state index >= 15 is 0 Å². The summed E-state index contributed by atoms with van der Waals surface area (Å²) in [6, 6.07) is 0. The molecule has 0 unspecified atom stereocenters. The van der Waals surface area contributed by atoms with Crippen LogP contribution in [-0.2, 0) is 6.18 Å². The van der Waals surface area contributed by atoms with Gasteiger partial charge in [-0.1, -0.05) is 0 Å². The molecule has 0 saturated heterocycles. The Morgan fingerprint density at radius 3 is 1.33 bits per heavy atom. The Bertz CT molecular complexity index is 380. The van der Waals surface area contributed by atoms with Crippen LogP contribution in [0.15, 0.2) is 0 Å². The third-order valence-electron chi connectivity index (χ3n) is 1.49. The Hall–Kier alpha value is -0.540. The second-order valence-electron chi connectivity index (χ2n) is 2.44. The summed E-state index contributed by atoms with van der Waals surface area (Å²) in [5.74, 6) is -8.99. The minimum atomic E-state index is -5.49. The fraction of sp³-hybridized carbons (Fsp3) is 0.143. The van der Waals surface area contributed by atoms with Crippen molar-refractivity contribution in [2.75, 3.05) is 0 Å². The lowest BCUT2D eigenvalue weighted by atomic mass is 10.1. The van der Waals surface area contributed by atoms with E-state index in [9.17, 15) is 30.7 Å². The van der Waals surface area contributed by atoms with Crippen molar-refractivity contribution < 1.29 is 30.7 Å². The third-order valence-corrected chi connectivity index (χ3v) is 2.44. The largest absolute Gasteiger partial charge is 0.422 e. The average Bonchev–Trinajstić information content (AvgIpc) is 2.09. The van der Waals surface area contributed by atoms with E-state index in [1.807, 2.05) is 0 Å². The van der Waals surface area contributed by atoms with Crippen LogP contribution in [0.5, 0.6) is 0 Å². The smallest absolute Gasteiger partial charge is 0.203 e. The fourth-order valence-electron chi connectivity index (χ4n) is 0.854. The lowest BCUT2D eigenvalue weighted by Gasteiger charge is -2.11. The number of hydrogen-bond donors (Lipinski definition) is 0. The topological polar surface area (TPSA) is 0 Å². The molecule has 84 valence electrons. The molecule has 0 fully saturated rings. The highest BCUT2D eigenvalue weighted by Crippen LogP contribution is 2.37. The standard InChI is InChI=1S/C7F7I/c8-2-1(7(12,13)14)3(9)5(11)6(15)4(2)10. The van der Waals surface area contributed by atoms with E-state index in [1.54, 1.807) is 0 Å². The summed E-state index contributed by atoms with van der Waals surface area (Å²) in [5, 5.41) is 0. The summed E-state index contributed by atoms with van der Waals surface area (Å²) in [5.41, 5.74) is -2.56. The first-order valence-corrected chi connectivity index (χ1v) is 4.34. The molecule has 1 rings (SSSR count). The molecular weight excluding hydrogens is 344 g/mol. The van der Waals surface area contributed by atoms with Gasteiger partial charge >= 0.3 is 6.18 Å². The molecule has 0 saturated carbocycles. The van der Waals surface area contributed by atoms with Gasteiger partial charge in [-0.15, -0.1) is 0 Å².